The summed E-state index contributed by atoms with van der Waals surface area (Å²) in [6.07, 6.45) is 0.802. The molecule has 3 N–H and O–H groups in total. The van der Waals surface area contributed by atoms with E-state index in [9.17, 15) is 4.79 Å². The van der Waals surface area contributed by atoms with Gasteiger partial charge in [0.05, 0.1) is 29.6 Å². The van der Waals surface area contributed by atoms with Gasteiger partial charge in [-0.05, 0) is 48.9 Å². The predicted octanol–water partition coefficient (Wildman–Crippen LogP) is 3.51. The molecule has 0 unspecified atom stereocenters. The smallest absolute Gasteiger partial charge is 0.251 e. The molecule has 7 nitrogen and oxygen atoms in total. The van der Waals surface area contributed by atoms with Crippen LogP contribution in [0.25, 0.3) is 5.69 Å². The number of aromatic nitrogens is 2. The molecule has 0 aliphatic carbocycles. The first-order valence-electron chi connectivity index (χ1n) is 9.30. The normalized spacial score (nSPS) is 13.0. The molecule has 2 aromatic carbocycles. The zero-order chi connectivity index (χ0) is 20.4. The largest absolute Gasteiger partial charge is 0.489 e. The molecule has 0 radical (unpaired) electrons. The summed E-state index contributed by atoms with van der Waals surface area (Å²) in [6, 6.07) is 12.5. The zero-order valence-electron chi connectivity index (χ0n) is 15.9. The number of ether oxygens (including phenoxy) is 2. The number of halogens is 1. The summed E-state index contributed by atoms with van der Waals surface area (Å²) in [4.78, 5) is 12.5. The number of anilines is 1. The Morgan fingerprint density at radius 2 is 1.97 bits per heavy atom. The lowest BCUT2D eigenvalue weighted by Crippen LogP contribution is -2.22. The third-order valence-corrected chi connectivity index (χ3v) is 4.83. The van der Waals surface area contributed by atoms with Crippen molar-refractivity contribution in [1.29, 1.82) is 0 Å². The highest BCUT2D eigenvalue weighted by molar-refractivity contribution is 6.32. The van der Waals surface area contributed by atoms with E-state index in [1.54, 1.807) is 28.9 Å². The summed E-state index contributed by atoms with van der Waals surface area (Å²) in [7, 11) is 0. The fraction of sp³-hybridized carbons (Fsp3) is 0.238. The molecule has 0 bridgehead atoms. The van der Waals surface area contributed by atoms with Crippen LogP contribution < -0.4 is 20.5 Å². The fourth-order valence-corrected chi connectivity index (χ4v) is 3.44. The van der Waals surface area contributed by atoms with E-state index < -0.39 is 0 Å². The molecule has 0 fully saturated rings. The Hall–Kier alpha value is -3.19. The zero-order valence-corrected chi connectivity index (χ0v) is 16.7. The molecule has 1 aliphatic heterocycles. The highest BCUT2D eigenvalue weighted by atomic mass is 35.5. The second-order valence-electron chi connectivity index (χ2n) is 6.81. The number of nitrogens with one attached hydrogen (secondary N) is 1. The van der Waals surface area contributed by atoms with E-state index in [-0.39, 0.29) is 5.91 Å². The highest BCUT2D eigenvalue weighted by Gasteiger charge is 2.16. The molecule has 0 saturated carbocycles. The average Bonchev–Trinajstić information content (AvgIpc) is 2.90. The lowest BCUT2D eigenvalue weighted by molar-refractivity contribution is 0.0951. The number of hydrogen-bond acceptors (Lipinski definition) is 5. The van der Waals surface area contributed by atoms with Gasteiger partial charge in [0.1, 0.15) is 5.82 Å². The lowest BCUT2D eigenvalue weighted by Gasteiger charge is -2.12. The number of amides is 1. The molecule has 1 aliphatic rings. The number of benzene rings is 2. The maximum Gasteiger partial charge on any atom is 0.251 e. The number of carbonyl (C=O) groups is 1. The SMILES string of the molecule is Cc1cc(N)n(-c2ccc(C(=O)NCc3cc(Cl)c4c(c3)OCCCO4)cc2)n1. The van der Waals surface area contributed by atoms with Gasteiger partial charge < -0.3 is 20.5 Å². The van der Waals surface area contributed by atoms with E-state index in [1.165, 1.54) is 0 Å². The Bertz CT molecular complexity index is 1050. The molecule has 0 spiro atoms. The molecule has 29 heavy (non-hydrogen) atoms. The van der Waals surface area contributed by atoms with E-state index in [2.05, 4.69) is 10.4 Å². The number of nitrogen functional groups attached to an aromatic ring is 1. The Balaban J connectivity index is 1.44. The molecule has 1 aromatic heterocycles. The number of rotatable bonds is 4. The van der Waals surface area contributed by atoms with Crippen molar-refractivity contribution in [2.24, 2.45) is 0 Å². The van der Waals surface area contributed by atoms with Gasteiger partial charge >= 0.3 is 0 Å². The van der Waals surface area contributed by atoms with Crippen LogP contribution in [0.3, 0.4) is 0 Å². The van der Waals surface area contributed by atoms with Crippen LogP contribution in [-0.4, -0.2) is 28.9 Å². The number of nitrogens with two attached hydrogens (primary N) is 1. The van der Waals surface area contributed by atoms with Gasteiger partial charge in [-0.15, -0.1) is 0 Å². The Morgan fingerprint density at radius 3 is 2.69 bits per heavy atom. The van der Waals surface area contributed by atoms with Gasteiger partial charge in [0, 0.05) is 24.6 Å². The molecular weight excluding hydrogens is 392 g/mol. The first kappa shape index (κ1) is 19.1. The third kappa shape index (κ3) is 4.14. The first-order valence-corrected chi connectivity index (χ1v) is 9.68. The van der Waals surface area contributed by atoms with Crippen LogP contribution >= 0.6 is 11.6 Å². The number of nitrogens with zero attached hydrogens (tertiary/aromatic N) is 2. The van der Waals surface area contributed by atoms with Crippen LogP contribution in [0.2, 0.25) is 5.02 Å². The van der Waals surface area contributed by atoms with E-state index in [0.717, 1.165) is 23.4 Å². The van der Waals surface area contributed by atoms with Gasteiger partial charge in [-0.1, -0.05) is 11.6 Å². The van der Waals surface area contributed by atoms with Crippen LogP contribution in [0.15, 0.2) is 42.5 Å². The number of aryl methyl sites for hydroxylation is 1. The molecule has 0 saturated heterocycles. The number of hydrogen-bond donors (Lipinski definition) is 2. The van der Waals surface area contributed by atoms with Crippen LogP contribution in [0.4, 0.5) is 5.82 Å². The minimum absolute atomic E-state index is 0.190. The van der Waals surface area contributed by atoms with Gasteiger partial charge in [0.15, 0.2) is 11.5 Å². The van der Waals surface area contributed by atoms with Gasteiger partial charge in [-0.3, -0.25) is 4.79 Å². The van der Waals surface area contributed by atoms with E-state index in [1.807, 2.05) is 25.1 Å². The summed E-state index contributed by atoms with van der Waals surface area (Å²) in [5.41, 5.74) is 8.95. The summed E-state index contributed by atoms with van der Waals surface area (Å²) in [6.45, 7) is 3.34. The van der Waals surface area contributed by atoms with Crippen LogP contribution in [0, 0.1) is 6.92 Å². The number of fused-ring (bicyclic) bond motifs is 1. The van der Waals surface area contributed by atoms with Crippen molar-refractivity contribution >= 4 is 23.3 Å². The lowest BCUT2D eigenvalue weighted by atomic mass is 10.1. The maximum absolute atomic E-state index is 12.5. The summed E-state index contributed by atoms with van der Waals surface area (Å²) in [5, 5.41) is 7.71. The molecule has 1 amide bonds. The first-order chi connectivity index (χ1) is 14.0. The number of carbonyl (C=O) groups excluding carboxylic acids is 1. The standard InChI is InChI=1S/C21H21ClN4O3/c1-13-9-19(23)26(25-13)16-5-3-15(4-6-16)21(27)24-12-14-10-17(22)20-18(11-14)28-7-2-8-29-20/h3-6,9-11H,2,7-8,12,23H2,1H3,(H,24,27). The highest BCUT2D eigenvalue weighted by Crippen LogP contribution is 2.37. The van der Waals surface area contributed by atoms with Crippen molar-refractivity contribution in [3.63, 3.8) is 0 Å². The molecule has 2 heterocycles. The summed E-state index contributed by atoms with van der Waals surface area (Å²) < 4.78 is 12.9. The van der Waals surface area contributed by atoms with E-state index in [4.69, 9.17) is 26.8 Å². The minimum atomic E-state index is -0.190. The van der Waals surface area contributed by atoms with Crippen LogP contribution in [0.1, 0.15) is 28.0 Å². The van der Waals surface area contributed by atoms with Gasteiger partial charge in [-0.2, -0.15) is 5.10 Å². The van der Waals surface area contributed by atoms with E-state index >= 15 is 0 Å². The fourth-order valence-electron chi connectivity index (χ4n) is 3.15. The van der Waals surface area contributed by atoms with Crippen molar-refractivity contribution in [3.8, 4) is 17.2 Å². The van der Waals surface area contributed by atoms with Crippen molar-refractivity contribution < 1.29 is 14.3 Å². The van der Waals surface area contributed by atoms with Crippen molar-refractivity contribution in [3.05, 3.63) is 64.3 Å². The van der Waals surface area contributed by atoms with Crippen molar-refractivity contribution in [1.82, 2.24) is 15.1 Å². The second kappa shape index (κ2) is 8.05. The van der Waals surface area contributed by atoms with Crippen molar-refractivity contribution in [2.45, 2.75) is 19.9 Å². The topological polar surface area (TPSA) is 91.4 Å². The minimum Gasteiger partial charge on any atom is -0.489 e. The predicted molar refractivity (Wildman–Crippen MR) is 111 cm³/mol. The third-order valence-electron chi connectivity index (χ3n) is 4.55. The van der Waals surface area contributed by atoms with Crippen LogP contribution in [-0.2, 0) is 6.54 Å². The molecule has 4 rings (SSSR count). The molecule has 150 valence electrons. The van der Waals surface area contributed by atoms with Gasteiger partial charge in [0.25, 0.3) is 5.91 Å². The molecular formula is C21H21ClN4O3. The summed E-state index contributed by atoms with van der Waals surface area (Å²) >= 11 is 6.31. The van der Waals surface area contributed by atoms with Gasteiger partial charge in [0.2, 0.25) is 0 Å². The second-order valence-corrected chi connectivity index (χ2v) is 7.21. The Morgan fingerprint density at radius 1 is 1.21 bits per heavy atom. The van der Waals surface area contributed by atoms with Crippen molar-refractivity contribution in [2.75, 3.05) is 18.9 Å². The summed E-state index contributed by atoms with van der Waals surface area (Å²) in [5.74, 6) is 1.52. The molecule has 3 aromatic rings. The van der Waals surface area contributed by atoms with E-state index in [0.29, 0.717) is 47.7 Å². The maximum atomic E-state index is 12.5. The quantitative estimate of drug-likeness (QED) is 0.684. The molecule has 8 heteroatoms. The monoisotopic (exact) mass is 412 g/mol. The molecule has 0 atom stereocenters. The van der Waals surface area contributed by atoms with Crippen LogP contribution in [0.5, 0.6) is 11.5 Å². The van der Waals surface area contributed by atoms with Gasteiger partial charge in [-0.25, -0.2) is 4.68 Å². The Labute approximate surface area is 173 Å². The Kier molecular flexibility index (Phi) is 5.31. The average molecular weight is 413 g/mol.